The lowest BCUT2D eigenvalue weighted by Crippen LogP contribution is -2.53. The van der Waals surface area contributed by atoms with Gasteiger partial charge in [-0.25, -0.2) is 4.39 Å². The topological polar surface area (TPSA) is 40.6 Å². The summed E-state index contributed by atoms with van der Waals surface area (Å²) in [5.41, 5.74) is 0.111. The van der Waals surface area contributed by atoms with E-state index in [2.05, 4.69) is 0 Å². The van der Waals surface area contributed by atoms with E-state index >= 15 is 0 Å². The van der Waals surface area contributed by atoms with Gasteiger partial charge >= 0.3 is 0 Å². The molecule has 2 amide bonds. The Morgan fingerprint density at radius 2 is 2.05 bits per heavy atom. The van der Waals surface area contributed by atoms with Crippen LogP contribution in [0.15, 0.2) is 24.3 Å². The zero-order valence-electron chi connectivity index (χ0n) is 10.5. The number of halogens is 1. The van der Waals surface area contributed by atoms with Gasteiger partial charge in [0.2, 0.25) is 5.91 Å². The molecule has 2 heterocycles. The highest BCUT2D eigenvalue weighted by atomic mass is 19.1. The zero-order chi connectivity index (χ0) is 13.4. The molecule has 0 N–H and O–H groups in total. The number of nitrogens with zero attached hydrogens (tertiary/aromatic N) is 2. The average molecular weight is 262 g/mol. The van der Waals surface area contributed by atoms with Crippen LogP contribution in [0.5, 0.6) is 0 Å². The van der Waals surface area contributed by atoms with E-state index in [0.717, 1.165) is 6.42 Å². The fourth-order valence-electron chi connectivity index (χ4n) is 2.85. The molecule has 1 atom stereocenters. The maximum Gasteiger partial charge on any atom is 0.256 e. The van der Waals surface area contributed by atoms with E-state index in [0.29, 0.717) is 26.1 Å². The average Bonchev–Trinajstić information content (AvgIpc) is 2.80. The zero-order valence-corrected chi connectivity index (χ0v) is 10.5. The first-order chi connectivity index (χ1) is 9.16. The quantitative estimate of drug-likeness (QED) is 0.764. The van der Waals surface area contributed by atoms with Crippen LogP contribution in [-0.2, 0) is 4.79 Å². The van der Waals surface area contributed by atoms with Gasteiger partial charge in [-0.1, -0.05) is 12.1 Å². The molecule has 0 bridgehead atoms. The number of rotatable bonds is 1. The van der Waals surface area contributed by atoms with Gasteiger partial charge in [0.25, 0.3) is 5.91 Å². The van der Waals surface area contributed by atoms with E-state index in [1.54, 1.807) is 17.0 Å². The molecule has 5 heteroatoms. The normalized spacial score (nSPS) is 22.6. The maximum absolute atomic E-state index is 13.6. The van der Waals surface area contributed by atoms with Crippen molar-refractivity contribution in [3.05, 3.63) is 35.6 Å². The Hall–Kier alpha value is -1.91. The van der Waals surface area contributed by atoms with Crippen LogP contribution < -0.4 is 0 Å². The summed E-state index contributed by atoms with van der Waals surface area (Å²) in [5, 5.41) is 0. The van der Waals surface area contributed by atoms with Crippen LogP contribution in [0.25, 0.3) is 0 Å². The Bertz CT molecular complexity index is 532. The highest BCUT2D eigenvalue weighted by Crippen LogP contribution is 2.24. The summed E-state index contributed by atoms with van der Waals surface area (Å²) in [5.74, 6) is -0.600. The summed E-state index contributed by atoms with van der Waals surface area (Å²) in [4.78, 5) is 27.3. The van der Waals surface area contributed by atoms with E-state index in [4.69, 9.17) is 0 Å². The molecule has 19 heavy (non-hydrogen) atoms. The summed E-state index contributed by atoms with van der Waals surface area (Å²) in [6.45, 7) is 1.55. The van der Waals surface area contributed by atoms with Crippen molar-refractivity contribution >= 4 is 11.8 Å². The van der Waals surface area contributed by atoms with Gasteiger partial charge in [0, 0.05) is 32.1 Å². The fraction of sp³-hybridized carbons (Fsp3) is 0.429. The lowest BCUT2D eigenvalue weighted by atomic mass is 10.1. The van der Waals surface area contributed by atoms with Gasteiger partial charge in [-0.2, -0.15) is 0 Å². The molecular weight excluding hydrogens is 247 g/mol. The molecule has 0 spiro atoms. The Labute approximate surface area is 110 Å². The highest BCUT2D eigenvalue weighted by Gasteiger charge is 2.37. The summed E-state index contributed by atoms with van der Waals surface area (Å²) in [7, 11) is 0. The predicted octanol–water partition coefficient (Wildman–Crippen LogP) is 1.27. The number of hydrogen-bond acceptors (Lipinski definition) is 2. The van der Waals surface area contributed by atoms with E-state index in [1.165, 1.54) is 12.1 Å². The summed E-state index contributed by atoms with van der Waals surface area (Å²) in [6, 6.07) is 6.13. The number of hydrogen-bond donors (Lipinski definition) is 0. The molecule has 2 saturated heterocycles. The van der Waals surface area contributed by atoms with Gasteiger partial charge in [0.1, 0.15) is 5.82 Å². The smallest absolute Gasteiger partial charge is 0.256 e. The number of benzene rings is 1. The summed E-state index contributed by atoms with van der Waals surface area (Å²) < 4.78 is 13.6. The minimum atomic E-state index is -0.488. The van der Waals surface area contributed by atoms with Crippen LogP contribution >= 0.6 is 0 Å². The van der Waals surface area contributed by atoms with Crippen LogP contribution in [0.3, 0.4) is 0 Å². The van der Waals surface area contributed by atoms with Crippen molar-refractivity contribution in [1.29, 1.82) is 0 Å². The molecule has 0 saturated carbocycles. The lowest BCUT2D eigenvalue weighted by Gasteiger charge is -2.37. The van der Waals surface area contributed by atoms with Crippen molar-refractivity contribution in [3.8, 4) is 0 Å². The van der Waals surface area contributed by atoms with E-state index < -0.39 is 5.82 Å². The van der Waals surface area contributed by atoms with Crippen LogP contribution in [0.4, 0.5) is 4.39 Å². The number of piperazine rings is 1. The Morgan fingerprint density at radius 1 is 1.26 bits per heavy atom. The van der Waals surface area contributed by atoms with E-state index in [9.17, 15) is 14.0 Å². The van der Waals surface area contributed by atoms with Crippen molar-refractivity contribution in [1.82, 2.24) is 9.80 Å². The minimum absolute atomic E-state index is 0.108. The first-order valence-electron chi connectivity index (χ1n) is 6.50. The molecule has 4 nitrogen and oxygen atoms in total. The lowest BCUT2D eigenvalue weighted by molar-refractivity contribution is -0.130. The predicted molar refractivity (Wildman–Crippen MR) is 67.0 cm³/mol. The molecule has 1 aromatic carbocycles. The van der Waals surface area contributed by atoms with Crippen LogP contribution in [0, 0.1) is 5.82 Å². The van der Waals surface area contributed by atoms with Crippen molar-refractivity contribution in [2.45, 2.75) is 18.9 Å². The molecule has 100 valence electrons. The maximum atomic E-state index is 13.6. The van der Waals surface area contributed by atoms with Gasteiger partial charge < -0.3 is 9.80 Å². The van der Waals surface area contributed by atoms with Gasteiger partial charge in [0.05, 0.1) is 5.56 Å². The molecular formula is C14H15FN2O2. The van der Waals surface area contributed by atoms with Gasteiger partial charge in [-0.05, 0) is 18.6 Å². The summed E-state index contributed by atoms with van der Waals surface area (Å²) >= 11 is 0. The SMILES string of the molecule is O=C(c1ccccc1F)N1CCN2C(=O)CC[C@H]2C1. The standard InChI is InChI=1S/C14H15FN2O2/c15-12-4-2-1-3-11(12)14(19)16-7-8-17-10(9-16)5-6-13(17)18/h1-4,10H,5-9H2/t10-/m0/s1. The third kappa shape index (κ3) is 2.09. The Kier molecular flexibility index (Phi) is 2.97. The third-order valence-corrected chi connectivity index (χ3v) is 3.89. The molecule has 2 aliphatic rings. The number of amides is 2. The molecule has 0 aromatic heterocycles. The Balaban J connectivity index is 1.76. The number of carbonyl (C=O) groups excluding carboxylic acids is 2. The first kappa shape index (κ1) is 12.1. The van der Waals surface area contributed by atoms with Gasteiger partial charge in [0.15, 0.2) is 0 Å². The van der Waals surface area contributed by atoms with Crippen LogP contribution in [0.1, 0.15) is 23.2 Å². The van der Waals surface area contributed by atoms with Crippen LogP contribution in [0.2, 0.25) is 0 Å². The molecule has 2 aliphatic heterocycles. The monoisotopic (exact) mass is 262 g/mol. The molecule has 1 aromatic rings. The second-order valence-electron chi connectivity index (χ2n) is 5.01. The van der Waals surface area contributed by atoms with Crippen LogP contribution in [-0.4, -0.2) is 47.3 Å². The van der Waals surface area contributed by atoms with E-state index in [-0.39, 0.29) is 23.4 Å². The third-order valence-electron chi connectivity index (χ3n) is 3.89. The van der Waals surface area contributed by atoms with Gasteiger partial charge in [-0.3, -0.25) is 9.59 Å². The Morgan fingerprint density at radius 3 is 2.84 bits per heavy atom. The second kappa shape index (κ2) is 4.64. The minimum Gasteiger partial charge on any atom is -0.336 e. The molecule has 2 fully saturated rings. The van der Waals surface area contributed by atoms with Gasteiger partial charge in [-0.15, -0.1) is 0 Å². The summed E-state index contributed by atoms with van der Waals surface area (Å²) in [6.07, 6.45) is 1.35. The first-order valence-corrected chi connectivity index (χ1v) is 6.50. The van der Waals surface area contributed by atoms with Crippen molar-refractivity contribution < 1.29 is 14.0 Å². The largest absolute Gasteiger partial charge is 0.336 e. The van der Waals surface area contributed by atoms with Crippen molar-refractivity contribution in [3.63, 3.8) is 0 Å². The second-order valence-corrected chi connectivity index (χ2v) is 5.01. The number of fused-ring (bicyclic) bond motifs is 1. The molecule has 0 unspecified atom stereocenters. The molecule has 3 rings (SSSR count). The molecule has 0 radical (unpaired) electrons. The number of carbonyl (C=O) groups is 2. The van der Waals surface area contributed by atoms with Crippen molar-refractivity contribution in [2.24, 2.45) is 0 Å². The molecule has 0 aliphatic carbocycles. The fourth-order valence-corrected chi connectivity index (χ4v) is 2.85. The van der Waals surface area contributed by atoms with Crippen molar-refractivity contribution in [2.75, 3.05) is 19.6 Å². The van der Waals surface area contributed by atoms with E-state index in [1.807, 2.05) is 4.90 Å². The highest BCUT2D eigenvalue weighted by molar-refractivity contribution is 5.94.